The quantitative estimate of drug-likeness (QED) is 0.737. The Morgan fingerprint density at radius 3 is 2.40 bits per heavy atom. The highest BCUT2D eigenvalue weighted by molar-refractivity contribution is 5.29. The molecule has 0 fully saturated rings. The first-order valence-electron chi connectivity index (χ1n) is 7.75. The molecule has 0 aliphatic carbocycles. The number of benzene rings is 2. The molecule has 1 heterocycles. The molecule has 1 aliphatic heterocycles. The number of aryl methyl sites for hydroxylation is 1. The summed E-state index contributed by atoms with van der Waals surface area (Å²) >= 11 is 0. The predicted molar refractivity (Wildman–Crippen MR) is 84.8 cm³/mol. The van der Waals surface area contributed by atoms with E-state index in [9.17, 15) is 0 Å². The molecule has 1 heteroatoms. The third kappa shape index (κ3) is 3.49. The van der Waals surface area contributed by atoms with Crippen LogP contribution >= 0.6 is 0 Å². The summed E-state index contributed by atoms with van der Waals surface area (Å²) in [5.41, 5.74) is 4.55. The van der Waals surface area contributed by atoms with Gasteiger partial charge in [-0.05, 0) is 48.9 Å². The van der Waals surface area contributed by atoms with Gasteiger partial charge in [0.2, 0.25) is 0 Å². The van der Waals surface area contributed by atoms with E-state index in [1.807, 2.05) is 0 Å². The number of hydrogen-bond acceptors (Lipinski definition) is 1. The van der Waals surface area contributed by atoms with Gasteiger partial charge in [0.25, 0.3) is 0 Å². The van der Waals surface area contributed by atoms with Crippen LogP contribution in [0.1, 0.15) is 29.5 Å². The second kappa shape index (κ2) is 6.71. The molecule has 0 atom stereocenters. The van der Waals surface area contributed by atoms with Crippen molar-refractivity contribution in [1.82, 2.24) is 4.90 Å². The molecule has 0 saturated heterocycles. The highest BCUT2D eigenvalue weighted by Gasteiger charge is 2.14. The van der Waals surface area contributed by atoms with Crippen LogP contribution in [0.4, 0.5) is 0 Å². The van der Waals surface area contributed by atoms with Gasteiger partial charge in [0, 0.05) is 13.1 Å². The normalized spacial score (nSPS) is 15.0. The molecule has 1 nitrogen and oxygen atoms in total. The first kappa shape index (κ1) is 13.4. The van der Waals surface area contributed by atoms with E-state index < -0.39 is 0 Å². The van der Waals surface area contributed by atoms with Crippen molar-refractivity contribution in [3.63, 3.8) is 0 Å². The Morgan fingerprint density at radius 1 is 0.800 bits per heavy atom. The van der Waals surface area contributed by atoms with Gasteiger partial charge in [0.1, 0.15) is 0 Å². The molecule has 3 rings (SSSR count). The van der Waals surface area contributed by atoms with Gasteiger partial charge in [-0.15, -0.1) is 0 Å². The summed E-state index contributed by atoms with van der Waals surface area (Å²) in [6.07, 6.45) is 5.03. The summed E-state index contributed by atoms with van der Waals surface area (Å²) in [4.78, 5) is 2.60. The maximum absolute atomic E-state index is 2.60. The Bertz CT molecular complexity index is 532. The molecule has 0 bridgehead atoms. The van der Waals surface area contributed by atoms with E-state index in [0.29, 0.717) is 0 Å². The Balaban J connectivity index is 1.42. The summed E-state index contributed by atoms with van der Waals surface area (Å²) in [5, 5.41) is 0. The zero-order valence-corrected chi connectivity index (χ0v) is 12.1. The topological polar surface area (TPSA) is 3.24 Å². The molecule has 20 heavy (non-hydrogen) atoms. The molecule has 2 aromatic rings. The Morgan fingerprint density at radius 2 is 1.55 bits per heavy atom. The van der Waals surface area contributed by atoms with Gasteiger partial charge in [-0.2, -0.15) is 0 Å². The summed E-state index contributed by atoms with van der Waals surface area (Å²) in [7, 11) is 0. The number of fused-ring (bicyclic) bond motifs is 1. The van der Waals surface area contributed by atoms with Crippen LogP contribution in [0.15, 0.2) is 54.6 Å². The standard InChI is InChI=1S/C19H23N/c1-2-8-17(9-3-1)10-6-7-14-20-15-13-18-11-4-5-12-19(18)16-20/h1-5,8-9,11-12H,6-7,10,13-16H2. The zero-order chi connectivity index (χ0) is 13.6. The minimum atomic E-state index is 1.14. The van der Waals surface area contributed by atoms with Crippen LogP contribution in [0.2, 0.25) is 0 Å². The molecule has 0 N–H and O–H groups in total. The Labute approximate surface area is 122 Å². The second-order valence-electron chi connectivity index (χ2n) is 5.74. The van der Waals surface area contributed by atoms with Gasteiger partial charge >= 0.3 is 0 Å². The number of rotatable bonds is 5. The van der Waals surface area contributed by atoms with Gasteiger partial charge in [-0.3, -0.25) is 4.90 Å². The van der Waals surface area contributed by atoms with Gasteiger partial charge in [-0.1, -0.05) is 54.6 Å². The Kier molecular flexibility index (Phi) is 4.49. The van der Waals surface area contributed by atoms with Crippen molar-refractivity contribution in [3.05, 3.63) is 71.3 Å². The monoisotopic (exact) mass is 265 g/mol. The number of unbranched alkanes of at least 4 members (excludes halogenated alkanes) is 1. The molecule has 1 aliphatic rings. The highest BCUT2D eigenvalue weighted by Crippen LogP contribution is 2.18. The largest absolute Gasteiger partial charge is 0.299 e. The van der Waals surface area contributed by atoms with E-state index in [4.69, 9.17) is 0 Å². The fourth-order valence-electron chi connectivity index (χ4n) is 3.05. The van der Waals surface area contributed by atoms with E-state index in [-0.39, 0.29) is 0 Å². The van der Waals surface area contributed by atoms with Crippen LogP contribution in [0.25, 0.3) is 0 Å². The maximum atomic E-state index is 2.60. The van der Waals surface area contributed by atoms with E-state index in [0.717, 1.165) is 6.54 Å². The Hall–Kier alpha value is -1.60. The lowest BCUT2D eigenvalue weighted by Crippen LogP contribution is -2.31. The SMILES string of the molecule is c1ccc(CCCCN2CCc3ccccc3C2)cc1. The van der Waals surface area contributed by atoms with Crippen LogP contribution in [-0.4, -0.2) is 18.0 Å². The molecule has 2 aromatic carbocycles. The molecule has 0 spiro atoms. The summed E-state index contributed by atoms with van der Waals surface area (Å²) in [6.45, 7) is 3.60. The predicted octanol–water partition coefficient (Wildman–Crippen LogP) is 4.07. The van der Waals surface area contributed by atoms with Crippen LogP contribution in [0.5, 0.6) is 0 Å². The van der Waals surface area contributed by atoms with E-state index in [2.05, 4.69) is 59.5 Å². The van der Waals surface area contributed by atoms with Crippen molar-refractivity contribution >= 4 is 0 Å². The third-order valence-electron chi connectivity index (χ3n) is 4.24. The van der Waals surface area contributed by atoms with Gasteiger partial charge in [0.05, 0.1) is 0 Å². The van der Waals surface area contributed by atoms with Gasteiger partial charge in [0.15, 0.2) is 0 Å². The van der Waals surface area contributed by atoms with E-state index >= 15 is 0 Å². The van der Waals surface area contributed by atoms with Crippen LogP contribution in [0, 0.1) is 0 Å². The van der Waals surface area contributed by atoms with Crippen LogP contribution < -0.4 is 0 Å². The van der Waals surface area contributed by atoms with Crippen molar-refractivity contribution in [1.29, 1.82) is 0 Å². The average molecular weight is 265 g/mol. The van der Waals surface area contributed by atoms with Gasteiger partial charge in [-0.25, -0.2) is 0 Å². The maximum Gasteiger partial charge on any atom is 0.0236 e. The number of nitrogens with zero attached hydrogens (tertiary/aromatic N) is 1. The lowest BCUT2D eigenvalue weighted by atomic mass is 9.99. The minimum absolute atomic E-state index is 1.14. The molecule has 104 valence electrons. The fourth-order valence-corrected chi connectivity index (χ4v) is 3.05. The lowest BCUT2D eigenvalue weighted by molar-refractivity contribution is 0.249. The average Bonchev–Trinajstić information content (AvgIpc) is 2.52. The summed E-state index contributed by atoms with van der Waals surface area (Å²) in [6, 6.07) is 19.7. The van der Waals surface area contributed by atoms with E-state index in [1.54, 1.807) is 5.56 Å². The third-order valence-corrected chi connectivity index (χ3v) is 4.24. The van der Waals surface area contributed by atoms with Crippen molar-refractivity contribution in [2.24, 2.45) is 0 Å². The summed E-state index contributed by atoms with van der Waals surface area (Å²) in [5.74, 6) is 0. The lowest BCUT2D eigenvalue weighted by Gasteiger charge is -2.28. The molecular formula is C19H23N. The minimum Gasteiger partial charge on any atom is -0.299 e. The fraction of sp³-hybridized carbons (Fsp3) is 0.368. The first-order valence-corrected chi connectivity index (χ1v) is 7.75. The molecule has 0 aromatic heterocycles. The van der Waals surface area contributed by atoms with Crippen molar-refractivity contribution in [3.8, 4) is 0 Å². The van der Waals surface area contributed by atoms with Crippen molar-refractivity contribution in [2.45, 2.75) is 32.2 Å². The van der Waals surface area contributed by atoms with Crippen LogP contribution in [0.3, 0.4) is 0 Å². The molecule has 0 unspecified atom stereocenters. The smallest absolute Gasteiger partial charge is 0.0236 e. The van der Waals surface area contributed by atoms with Crippen molar-refractivity contribution in [2.75, 3.05) is 13.1 Å². The number of hydrogen-bond donors (Lipinski definition) is 0. The molecular weight excluding hydrogens is 242 g/mol. The van der Waals surface area contributed by atoms with Crippen molar-refractivity contribution < 1.29 is 0 Å². The van der Waals surface area contributed by atoms with Gasteiger partial charge < -0.3 is 0 Å². The highest BCUT2D eigenvalue weighted by atomic mass is 15.1. The summed E-state index contributed by atoms with van der Waals surface area (Å²) < 4.78 is 0. The zero-order valence-electron chi connectivity index (χ0n) is 12.1. The molecule has 0 radical (unpaired) electrons. The molecule has 0 saturated carbocycles. The second-order valence-corrected chi connectivity index (χ2v) is 5.74. The van der Waals surface area contributed by atoms with Crippen LogP contribution in [-0.2, 0) is 19.4 Å². The first-order chi connectivity index (χ1) is 9.92. The molecule has 0 amide bonds. The van der Waals surface area contributed by atoms with E-state index in [1.165, 1.54) is 49.9 Å².